The number of hydrazone groups is 1. The Hall–Kier alpha value is -2.44. The molecule has 0 radical (unpaired) electrons. The van der Waals surface area contributed by atoms with Crippen molar-refractivity contribution in [3.63, 3.8) is 0 Å². The number of amides is 1. The summed E-state index contributed by atoms with van der Waals surface area (Å²) in [6.07, 6.45) is 12.2. The molecule has 0 aliphatic carbocycles. The Kier molecular flexibility index (Phi) is 12.3. The second-order valence-corrected chi connectivity index (χ2v) is 7.85. The van der Waals surface area contributed by atoms with Crippen molar-refractivity contribution < 1.29 is 4.79 Å². The summed E-state index contributed by atoms with van der Waals surface area (Å²) >= 11 is 0. The fourth-order valence-electron chi connectivity index (χ4n) is 2.83. The Morgan fingerprint density at radius 3 is 2.62 bits per heavy atom. The molecule has 0 bridgehead atoms. The van der Waals surface area contributed by atoms with Gasteiger partial charge in [0.05, 0.1) is 6.34 Å². The first-order valence-corrected chi connectivity index (χ1v) is 10.6. The van der Waals surface area contributed by atoms with Gasteiger partial charge in [0.1, 0.15) is 12.0 Å². The van der Waals surface area contributed by atoms with E-state index < -0.39 is 0 Å². The summed E-state index contributed by atoms with van der Waals surface area (Å²) < 4.78 is 0. The van der Waals surface area contributed by atoms with E-state index in [2.05, 4.69) is 34.4 Å². The maximum Gasteiger partial charge on any atom is 0.290 e. The van der Waals surface area contributed by atoms with Crippen LogP contribution in [0.2, 0.25) is 0 Å². The number of rotatable bonds is 14. The highest BCUT2D eigenvalue weighted by molar-refractivity contribution is 5.92. The first kappa shape index (κ1) is 24.6. The van der Waals surface area contributed by atoms with Crippen molar-refractivity contribution in [2.75, 3.05) is 27.7 Å². The molecule has 1 atom stereocenters. The van der Waals surface area contributed by atoms with E-state index in [0.717, 1.165) is 18.9 Å². The fourth-order valence-corrected chi connectivity index (χ4v) is 2.83. The largest absolute Gasteiger partial charge is 0.369 e. The van der Waals surface area contributed by atoms with Crippen molar-refractivity contribution in [3.05, 3.63) is 23.9 Å². The molecule has 0 saturated carbocycles. The van der Waals surface area contributed by atoms with Crippen LogP contribution in [0.4, 0.5) is 5.82 Å². The van der Waals surface area contributed by atoms with Gasteiger partial charge >= 0.3 is 0 Å². The molecule has 7 nitrogen and oxygen atoms in total. The molecule has 162 valence electrons. The van der Waals surface area contributed by atoms with Gasteiger partial charge in [-0.2, -0.15) is 5.10 Å². The molecular formula is C22H38N6O. The van der Waals surface area contributed by atoms with Crippen molar-refractivity contribution in [3.8, 4) is 0 Å². The molecule has 1 rings (SSSR count). The number of carbonyl (C=O) groups excluding carboxylic acids is 1. The number of aromatic nitrogens is 1. The minimum absolute atomic E-state index is 0.287. The summed E-state index contributed by atoms with van der Waals surface area (Å²) in [5.74, 6) is 0.971. The highest BCUT2D eigenvalue weighted by atomic mass is 16.2. The van der Waals surface area contributed by atoms with Crippen molar-refractivity contribution in [1.82, 2.24) is 20.2 Å². The topological polar surface area (TPSA) is 73.2 Å². The van der Waals surface area contributed by atoms with Gasteiger partial charge < -0.3 is 9.80 Å². The van der Waals surface area contributed by atoms with Crippen molar-refractivity contribution in [2.45, 2.75) is 58.8 Å². The van der Waals surface area contributed by atoms with Crippen LogP contribution in [0.15, 0.2) is 28.3 Å². The molecule has 0 spiro atoms. The number of nitrogens with zero attached hydrogens (tertiary/aromatic N) is 5. The Labute approximate surface area is 176 Å². The van der Waals surface area contributed by atoms with E-state index in [9.17, 15) is 4.79 Å². The molecule has 1 unspecified atom stereocenters. The number of nitrogens with one attached hydrogen (secondary N) is 1. The molecule has 1 aromatic rings. The van der Waals surface area contributed by atoms with Gasteiger partial charge in [0.15, 0.2) is 5.82 Å². The molecule has 7 heteroatoms. The number of pyridine rings is 1. The maximum absolute atomic E-state index is 12.2. The Bertz CT molecular complexity index is 644. The van der Waals surface area contributed by atoms with Crippen molar-refractivity contribution in [1.29, 1.82) is 0 Å². The van der Waals surface area contributed by atoms with Gasteiger partial charge in [0.25, 0.3) is 5.91 Å². The van der Waals surface area contributed by atoms with Gasteiger partial charge in [0.2, 0.25) is 0 Å². The molecule has 0 aliphatic heterocycles. The number of hydrogen-bond donors (Lipinski definition) is 1. The van der Waals surface area contributed by atoms with Crippen LogP contribution in [0.1, 0.15) is 69.3 Å². The standard InChI is InChI=1S/C22H38N6O/c1-6-7-12-19(2)13-9-8-10-16-28(5)18-24-26-22(29)20-14-11-15-21(25-20)23-17-27(3)4/h11,14-15,17-19H,6-10,12-13,16H2,1-5H3,(H,26,29)/b23-17?,24-18+. The quantitative estimate of drug-likeness (QED) is 0.218. The summed E-state index contributed by atoms with van der Waals surface area (Å²) in [5, 5.41) is 4.03. The SMILES string of the molecule is CCCCC(C)CCCCCN(C)/C=N/NC(=O)c1cccc(N=CN(C)C)n1. The summed E-state index contributed by atoms with van der Waals surface area (Å²) in [6, 6.07) is 5.15. The minimum atomic E-state index is -0.349. The maximum atomic E-state index is 12.2. The third kappa shape index (κ3) is 11.9. The second-order valence-electron chi connectivity index (χ2n) is 7.85. The van der Waals surface area contributed by atoms with E-state index >= 15 is 0 Å². The predicted molar refractivity (Wildman–Crippen MR) is 122 cm³/mol. The fraction of sp³-hybridized carbons (Fsp3) is 0.636. The minimum Gasteiger partial charge on any atom is -0.369 e. The zero-order chi connectivity index (χ0) is 21.5. The zero-order valence-electron chi connectivity index (χ0n) is 18.8. The highest BCUT2D eigenvalue weighted by Gasteiger charge is 2.06. The molecule has 0 aromatic carbocycles. The van der Waals surface area contributed by atoms with Crippen LogP contribution in [-0.4, -0.2) is 61.1 Å². The number of carbonyl (C=O) groups is 1. The van der Waals surface area contributed by atoms with Gasteiger partial charge in [-0.1, -0.05) is 58.4 Å². The van der Waals surface area contributed by atoms with E-state index in [1.54, 1.807) is 30.9 Å². The van der Waals surface area contributed by atoms with Crippen LogP contribution in [-0.2, 0) is 0 Å². The lowest BCUT2D eigenvalue weighted by Crippen LogP contribution is -2.23. The van der Waals surface area contributed by atoms with Gasteiger partial charge in [-0.15, -0.1) is 0 Å². The average Bonchev–Trinajstić information content (AvgIpc) is 2.70. The lowest BCUT2D eigenvalue weighted by Gasteiger charge is -2.13. The molecule has 0 fully saturated rings. The summed E-state index contributed by atoms with van der Waals surface area (Å²) in [7, 11) is 5.72. The van der Waals surface area contributed by atoms with Gasteiger partial charge in [-0.05, 0) is 24.5 Å². The monoisotopic (exact) mass is 402 g/mol. The van der Waals surface area contributed by atoms with Gasteiger partial charge in [0, 0.05) is 27.7 Å². The second kappa shape index (κ2) is 14.5. The molecular weight excluding hydrogens is 364 g/mol. The third-order valence-electron chi connectivity index (χ3n) is 4.57. The van der Waals surface area contributed by atoms with E-state index in [1.807, 2.05) is 30.9 Å². The Morgan fingerprint density at radius 1 is 1.14 bits per heavy atom. The Morgan fingerprint density at radius 2 is 1.90 bits per heavy atom. The van der Waals surface area contributed by atoms with Crippen LogP contribution in [0.25, 0.3) is 0 Å². The van der Waals surface area contributed by atoms with Gasteiger partial charge in [-0.25, -0.2) is 15.4 Å². The molecule has 1 aromatic heterocycles. The molecule has 0 aliphatic rings. The summed E-state index contributed by atoms with van der Waals surface area (Å²) in [6.45, 7) is 5.53. The van der Waals surface area contributed by atoms with E-state index in [4.69, 9.17) is 0 Å². The van der Waals surface area contributed by atoms with Crippen LogP contribution in [0.5, 0.6) is 0 Å². The van der Waals surface area contributed by atoms with Crippen molar-refractivity contribution >= 4 is 24.4 Å². The average molecular weight is 403 g/mol. The number of unbranched alkanes of at least 4 members (excludes halogenated alkanes) is 3. The normalized spacial score (nSPS) is 12.4. The lowest BCUT2D eigenvalue weighted by molar-refractivity contribution is 0.0949. The molecule has 1 N–H and O–H groups in total. The molecule has 29 heavy (non-hydrogen) atoms. The smallest absolute Gasteiger partial charge is 0.290 e. The number of aliphatic imine (C=N–C) groups is 1. The highest BCUT2D eigenvalue weighted by Crippen LogP contribution is 2.15. The van der Waals surface area contributed by atoms with Crippen LogP contribution < -0.4 is 5.43 Å². The molecule has 1 heterocycles. The van der Waals surface area contributed by atoms with E-state index in [1.165, 1.54) is 38.5 Å². The first-order valence-electron chi connectivity index (χ1n) is 10.6. The summed E-state index contributed by atoms with van der Waals surface area (Å²) in [5.41, 5.74) is 2.81. The van der Waals surface area contributed by atoms with Crippen LogP contribution in [0.3, 0.4) is 0 Å². The molecule has 0 saturated heterocycles. The third-order valence-corrected chi connectivity index (χ3v) is 4.57. The van der Waals surface area contributed by atoms with Crippen LogP contribution in [0, 0.1) is 5.92 Å². The van der Waals surface area contributed by atoms with Gasteiger partial charge in [-0.3, -0.25) is 4.79 Å². The predicted octanol–water partition coefficient (Wildman–Crippen LogP) is 4.29. The van der Waals surface area contributed by atoms with Crippen LogP contribution >= 0.6 is 0 Å². The zero-order valence-corrected chi connectivity index (χ0v) is 18.8. The van der Waals surface area contributed by atoms with E-state index in [-0.39, 0.29) is 11.6 Å². The van der Waals surface area contributed by atoms with Crippen molar-refractivity contribution in [2.24, 2.45) is 16.0 Å². The number of hydrogen-bond acceptors (Lipinski definition) is 4. The molecule has 1 amide bonds. The van der Waals surface area contributed by atoms with E-state index in [0.29, 0.717) is 5.82 Å². The first-order chi connectivity index (χ1) is 13.9. The summed E-state index contributed by atoms with van der Waals surface area (Å²) in [4.78, 5) is 24.4. The Balaban J connectivity index is 2.28. The lowest BCUT2D eigenvalue weighted by atomic mass is 9.97.